The maximum Gasteiger partial charge on any atom is 0.391 e. The van der Waals surface area contributed by atoms with E-state index in [2.05, 4.69) is 4.74 Å². The minimum absolute atomic E-state index is 0.174. The van der Waals surface area contributed by atoms with Gasteiger partial charge < -0.3 is 39.7 Å². The molecule has 136 valence electrons. The number of benzene rings is 1. The predicted octanol–water partition coefficient (Wildman–Crippen LogP) is 1.47. The molecule has 1 aliphatic rings. The molecular formula is C16H18O9. The number of carboxylic acid groups (broad SMARTS) is 1. The van der Waals surface area contributed by atoms with E-state index < -0.39 is 41.7 Å². The van der Waals surface area contributed by atoms with Crippen LogP contribution >= 0.6 is 0 Å². The van der Waals surface area contributed by atoms with Crippen LogP contribution in [-0.4, -0.2) is 50.2 Å². The zero-order valence-corrected chi connectivity index (χ0v) is 13.0. The number of carbonyl (C=O) groups is 1. The summed E-state index contributed by atoms with van der Waals surface area (Å²) in [6.45, 7) is -0.0655. The summed E-state index contributed by atoms with van der Waals surface area (Å²) in [6, 6.07) is 9.08. The van der Waals surface area contributed by atoms with Gasteiger partial charge in [0.05, 0.1) is 25.7 Å². The zero-order valence-electron chi connectivity index (χ0n) is 13.0. The predicted molar refractivity (Wildman–Crippen MR) is 82.3 cm³/mol. The van der Waals surface area contributed by atoms with Crippen molar-refractivity contribution >= 4 is 5.97 Å². The molecule has 1 aromatic rings. The van der Waals surface area contributed by atoms with Crippen molar-refractivity contribution in [2.45, 2.75) is 25.1 Å². The van der Waals surface area contributed by atoms with Gasteiger partial charge in [-0.1, -0.05) is 30.3 Å². The molecule has 1 aliphatic heterocycles. The summed E-state index contributed by atoms with van der Waals surface area (Å²) in [4.78, 5) is 11.0. The van der Waals surface area contributed by atoms with Gasteiger partial charge in [0.1, 0.15) is 6.26 Å². The van der Waals surface area contributed by atoms with Crippen LogP contribution < -0.4 is 0 Å². The van der Waals surface area contributed by atoms with Gasteiger partial charge in [-0.3, -0.25) is 4.79 Å². The number of carboxylic acids is 1. The van der Waals surface area contributed by atoms with Crippen molar-refractivity contribution in [1.29, 1.82) is 0 Å². The maximum absolute atomic E-state index is 11.0. The minimum atomic E-state index is -2.84. The highest BCUT2D eigenvalue weighted by Crippen LogP contribution is 2.30. The van der Waals surface area contributed by atoms with Crippen molar-refractivity contribution in [3.8, 4) is 0 Å². The fourth-order valence-corrected chi connectivity index (χ4v) is 2.04. The molecule has 2 atom stereocenters. The molecule has 0 saturated heterocycles. The van der Waals surface area contributed by atoms with E-state index in [-0.39, 0.29) is 13.2 Å². The quantitative estimate of drug-likeness (QED) is 0.438. The lowest BCUT2D eigenvalue weighted by atomic mass is 10.2. The van der Waals surface area contributed by atoms with E-state index in [1.165, 1.54) is 0 Å². The molecule has 1 unspecified atom stereocenters. The standard InChI is InChI=1S/C16H18O9/c17-12-9-24-16(22,15(21)14(12)20)25-11(6-13(18)19)8-23-7-10-4-2-1-3-5-10/h1-5,9,11,17,20-22H,6-8H2,(H,18,19)/t11?,16-/m1/s1. The van der Waals surface area contributed by atoms with Gasteiger partial charge in [0.15, 0.2) is 5.76 Å². The van der Waals surface area contributed by atoms with Crippen LogP contribution in [-0.2, 0) is 25.6 Å². The van der Waals surface area contributed by atoms with Gasteiger partial charge in [-0.15, -0.1) is 0 Å². The molecule has 5 N–H and O–H groups in total. The van der Waals surface area contributed by atoms with Crippen LogP contribution in [0.25, 0.3) is 0 Å². The van der Waals surface area contributed by atoms with Crippen LogP contribution in [0.15, 0.2) is 53.9 Å². The molecule has 9 nitrogen and oxygen atoms in total. The molecule has 0 aromatic heterocycles. The van der Waals surface area contributed by atoms with Crippen molar-refractivity contribution in [1.82, 2.24) is 0 Å². The summed E-state index contributed by atoms with van der Waals surface area (Å²) in [5, 5.41) is 47.4. The number of rotatable bonds is 8. The third kappa shape index (κ3) is 4.86. The van der Waals surface area contributed by atoms with E-state index in [0.29, 0.717) is 6.26 Å². The highest BCUT2D eigenvalue weighted by Gasteiger charge is 2.45. The monoisotopic (exact) mass is 354 g/mol. The van der Waals surface area contributed by atoms with Gasteiger partial charge in [0.2, 0.25) is 11.5 Å². The largest absolute Gasteiger partial charge is 0.502 e. The first kappa shape index (κ1) is 18.6. The van der Waals surface area contributed by atoms with E-state index in [0.717, 1.165) is 5.56 Å². The van der Waals surface area contributed by atoms with E-state index in [1.54, 1.807) is 0 Å². The van der Waals surface area contributed by atoms with Crippen LogP contribution in [0.2, 0.25) is 0 Å². The van der Waals surface area contributed by atoms with Crippen molar-refractivity contribution in [3.05, 3.63) is 59.4 Å². The fourth-order valence-electron chi connectivity index (χ4n) is 2.04. The highest BCUT2D eigenvalue weighted by atomic mass is 16.8. The van der Waals surface area contributed by atoms with Crippen LogP contribution in [0.4, 0.5) is 0 Å². The molecule has 25 heavy (non-hydrogen) atoms. The highest BCUT2D eigenvalue weighted by molar-refractivity contribution is 5.67. The Hall–Kier alpha value is -2.75. The second-order valence-electron chi connectivity index (χ2n) is 5.24. The minimum Gasteiger partial charge on any atom is -0.502 e. The number of aliphatic hydroxyl groups is 4. The first-order chi connectivity index (χ1) is 11.8. The first-order valence-corrected chi connectivity index (χ1v) is 7.25. The van der Waals surface area contributed by atoms with E-state index >= 15 is 0 Å². The second-order valence-corrected chi connectivity index (χ2v) is 5.24. The summed E-state index contributed by atoms with van der Waals surface area (Å²) in [5.41, 5.74) is 0.845. The molecule has 0 amide bonds. The van der Waals surface area contributed by atoms with Gasteiger partial charge in [0.25, 0.3) is 0 Å². The third-order valence-electron chi connectivity index (χ3n) is 3.24. The molecule has 0 bridgehead atoms. The molecule has 2 rings (SSSR count). The lowest BCUT2D eigenvalue weighted by molar-refractivity contribution is -0.351. The lowest BCUT2D eigenvalue weighted by Crippen LogP contribution is -2.44. The summed E-state index contributed by atoms with van der Waals surface area (Å²) in [5.74, 6) is -7.15. The Morgan fingerprint density at radius 1 is 1.20 bits per heavy atom. The number of ether oxygens (including phenoxy) is 3. The average Bonchev–Trinajstić information content (AvgIpc) is 2.57. The van der Waals surface area contributed by atoms with Crippen LogP contribution in [0.3, 0.4) is 0 Å². The van der Waals surface area contributed by atoms with Crippen molar-refractivity contribution in [2.24, 2.45) is 0 Å². The lowest BCUT2D eigenvalue weighted by Gasteiger charge is -2.32. The normalized spacial score (nSPS) is 21.4. The fraction of sp³-hybridized carbons (Fsp3) is 0.312. The number of aliphatic carboxylic acids is 1. The van der Waals surface area contributed by atoms with Gasteiger partial charge in [-0.05, 0) is 5.56 Å². The molecule has 0 saturated carbocycles. The van der Waals surface area contributed by atoms with Gasteiger partial charge in [-0.25, -0.2) is 0 Å². The van der Waals surface area contributed by atoms with Crippen molar-refractivity contribution in [3.63, 3.8) is 0 Å². The number of aliphatic hydroxyl groups excluding tert-OH is 3. The maximum atomic E-state index is 11.0. The Morgan fingerprint density at radius 3 is 2.52 bits per heavy atom. The summed E-state index contributed by atoms with van der Waals surface area (Å²) in [6.07, 6.45) is -1.23. The first-order valence-electron chi connectivity index (χ1n) is 7.25. The Balaban J connectivity index is 2.01. The summed E-state index contributed by atoms with van der Waals surface area (Å²) < 4.78 is 15.1. The Labute approximate surface area is 142 Å². The van der Waals surface area contributed by atoms with E-state index in [9.17, 15) is 25.2 Å². The van der Waals surface area contributed by atoms with Gasteiger partial charge in [0, 0.05) is 0 Å². The molecule has 1 aromatic carbocycles. The summed E-state index contributed by atoms with van der Waals surface area (Å²) >= 11 is 0. The zero-order chi connectivity index (χ0) is 18.4. The van der Waals surface area contributed by atoms with Crippen LogP contribution in [0, 0.1) is 0 Å². The average molecular weight is 354 g/mol. The van der Waals surface area contributed by atoms with Gasteiger partial charge in [-0.2, -0.15) is 0 Å². The molecule has 0 aliphatic carbocycles. The third-order valence-corrected chi connectivity index (χ3v) is 3.24. The second kappa shape index (κ2) is 7.88. The number of hydrogen-bond acceptors (Lipinski definition) is 8. The van der Waals surface area contributed by atoms with Crippen LogP contribution in [0.5, 0.6) is 0 Å². The molecular weight excluding hydrogens is 336 g/mol. The number of hydrogen-bond donors (Lipinski definition) is 5. The van der Waals surface area contributed by atoms with Crippen LogP contribution in [0.1, 0.15) is 12.0 Å². The van der Waals surface area contributed by atoms with Crippen molar-refractivity contribution in [2.75, 3.05) is 6.61 Å². The molecule has 1 heterocycles. The van der Waals surface area contributed by atoms with E-state index in [4.69, 9.17) is 14.6 Å². The smallest absolute Gasteiger partial charge is 0.391 e. The topological polar surface area (TPSA) is 146 Å². The molecule has 9 heteroatoms. The molecule has 0 radical (unpaired) electrons. The molecule has 0 fully saturated rings. The SMILES string of the molecule is O=C(O)CC(COCc1ccccc1)O[C@]1(O)OC=C(O)C(O)=C1O. The van der Waals surface area contributed by atoms with E-state index in [1.807, 2.05) is 30.3 Å². The Morgan fingerprint density at radius 2 is 1.88 bits per heavy atom. The van der Waals surface area contributed by atoms with Gasteiger partial charge >= 0.3 is 11.9 Å². The van der Waals surface area contributed by atoms with Crippen molar-refractivity contribution < 1.29 is 44.5 Å². The summed E-state index contributed by atoms with van der Waals surface area (Å²) in [7, 11) is 0. The molecule has 0 spiro atoms. The Kier molecular flexibility index (Phi) is 5.86. The Bertz CT molecular complexity index is 667.